The van der Waals surface area contributed by atoms with E-state index in [-0.39, 0.29) is 5.41 Å². The highest BCUT2D eigenvalue weighted by Crippen LogP contribution is 2.29. The second-order valence-electron chi connectivity index (χ2n) is 7.48. The summed E-state index contributed by atoms with van der Waals surface area (Å²) in [5, 5.41) is 1.00. The van der Waals surface area contributed by atoms with E-state index < -0.39 is 0 Å². The zero-order valence-corrected chi connectivity index (χ0v) is 16.7. The van der Waals surface area contributed by atoms with Gasteiger partial charge in [-0.05, 0) is 41.3 Å². The minimum Gasteiger partial charge on any atom is -0.337 e. The number of fused-ring (bicyclic) bond motifs is 1. The number of rotatable bonds is 2. The van der Waals surface area contributed by atoms with E-state index in [1.807, 2.05) is 18.2 Å². The fraction of sp³-hybridized carbons (Fsp3) is 0.190. The van der Waals surface area contributed by atoms with Crippen LogP contribution in [-0.4, -0.2) is 19.9 Å². The van der Waals surface area contributed by atoms with Crippen molar-refractivity contribution >= 4 is 34.2 Å². The van der Waals surface area contributed by atoms with Gasteiger partial charge < -0.3 is 4.98 Å². The van der Waals surface area contributed by atoms with Crippen molar-refractivity contribution in [2.75, 3.05) is 0 Å². The number of H-pyrrole nitrogens is 1. The highest BCUT2D eigenvalue weighted by Gasteiger charge is 2.15. The Hall–Kier alpha value is -2.43. The number of aromatic nitrogens is 4. The van der Waals surface area contributed by atoms with Gasteiger partial charge in [-0.25, -0.2) is 4.98 Å². The predicted molar refractivity (Wildman–Crippen MR) is 111 cm³/mol. The van der Waals surface area contributed by atoms with Crippen molar-refractivity contribution in [2.24, 2.45) is 0 Å². The number of imidazole rings is 1. The van der Waals surface area contributed by atoms with E-state index in [1.165, 1.54) is 5.56 Å². The Morgan fingerprint density at radius 2 is 1.74 bits per heavy atom. The molecule has 27 heavy (non-hydrogen) atoms. The maximum absolute atomic E-state index is 6.23. The molecular weight excluding hydrogens is 379 g/mol. The van der Waals surface area contributed by atoms with Crippen LogP contribution in [0.4, 0.5) is 0 Å². The van der Waals surface area contributed by atoms with Crippen LogP contribution in [0.2, 0.25) is 10.0 Å². The van der Waals surface area contributed by atoms with Crippen LogP contribution in [-0.2, 0) is 5.41 Å². The van der Waals surface area contributed by atoms with Gasteiger partial charge >= 0.3 is 0 Å². The second kappa shape index (κ2) is 6.63. The third kappa shape index (κ3) is 3.55. The average Bonchev–Trinajstić information content (AvgIpc) is 3.04. The normalized spacial score (nSPS) is 11.9. The van der Waals surface area contributed by atoms with Gasteiger partial charge in [-0.1, -0.05) is 50.0 Å². The minimum absolute atomic E-state index is 0.0875. The number of hydrogen-bond donors (Lipinski definition) is 1. The summed E-state index contributed by atoms with van der Waals surface area (Å²) < 4.78 is 0. The third-order valence-corrected chi connectivity index (χ3v) is 4.93. The van der Waals surface area contributed by atoms with E-state index in [1.54, 1.807) is 18.5 Å². The van der Waals surface area contributed by atoms with E-state index in [0.717, 1.165) is 28.1 Å². The number of aromatic amines is 1. The molecule has 0 unspecified atom stereocenters. The Morgan fingerprint density at radius 1 is 0.926 bits per heavy atom. The van der Waals surface area contributed by atoms with Gasteiger partial charge in [0.15, 0.2) is 5.82 Å². The molecule has 4 rings (SSSR count). The van der Waals surface area contributed by atoms with E-state index in [4.69, 9.17) is 23.2 Å². The van der Waals surface area contributed by atoms with Crippen LogP contribution < -0.4 is 0 Å². The van der Waals surface area contributed by atoms with Crippen molar-refractivity contribution in [2.45, 2.75) is 26.2 Å². The van der Waals surface area contributed by atoms with Crippen molar-refractivity contribution in [3.05, 3.63) is 64.4 Å². The zero-order chi connectivity index (χ0) is 19.2. The second-order valence-corrected chi connectivity index (χ2v) is 8.33. The van der Waals surface area contributed by atoms with Crippen LogP contribution in [0.1, 0.15) is 26.3 Å². The maximum atomic E-state index is 6.23. The highest BCUT2D eigenvalue weighted by atomic mass is 35.5. The molecule has 6 heteroatoms. The molecule has 3 aromatic heterocycles. The molecule has 0 saturated carbocycles. The Morgan fingerprint density at radius 3 is 2.41 bits per heavy atom. The first kappa shape index (κ1) is 18.0. The Labute approximate surface area is 167 Å². The van der Waals surface area contributed by atoms with Gasteiger partial charge in [-0.3, -0.25) is 9.97 Å². The van der Waals surface area contributed by atoms with Gasteiger partial charge in [0, 0.05) is 18.0 Å². The fourth-order valence-corrected chi connectivity index (χ4v) is 3.39. The molecule has 0 bridgehead atoms. The molecule has 0 spiro atoms. The van der Waals surface area contributed by atoms with Crippen LogP contribution in [0.25, 0.3) is 33.8 Å². The summed E-state index contributed by atoms with van der Waals surface area (Å²) in [7, 11) is 0. The van der Waals surface area contributed by atoms with Crippen LogP contribution in [0.3, 0.4) is 0 Å². The smallest absolute Gasteiger partial charge is 0.157 e. The molecule has 0 aliphatic rings. The first-order valence-corrected chi connectivity index (χ1v) is 9.35. The predicted octanol–water partition coefficient (Wildman–Crippen LogP) is 6.29. The largest absolute Gasteiger partial charge is 0.337 e. The van der Waals surface area contributed by atoms with Crippen LogP contribution >= 0.6 is 23.2 Å². The van der Waals surface area contributed by atoms with E-state index in [0.29, 0.717) is 15.7 Å². The number of hydrogen-bond acceptors (Lipinski definition) is 3. The Kier molecular flexibility index (Phi) is 4.41. The molecule has 1 N–H and O–H groups in total. The highest BCUT2D eigenvalue weighted by molar-refractivity contribution is 6.36. The summed E-state index contributed by atoms with van der Waals surface area (Å²) in [4.78, 5) is 16.9. The van der Waals surface area contributed by atoms with Gasteiger partial charge in [-0.15, -0.1) is 0 Å². The summed E-state index contributed by atoms with van der Waals surface area (Å²) in [6, 6.07) is 11.8. The van der Waals surface area contributed by atoms with E-state index in [9.17, 15) is 0 Å². The van der Waals surface area contributed by atoms with Gasteiger partial charge in [-0.2, -0.15) is 0 Å². The molecule has 3 heterocycles. The number of benzene rings is 1. The lowest BCUT2D eigenvalue weighted by molar-refractivity contribution is 0.591. The lowest BCUT2D eigenvalue weighted by atomic mass is 9.87. The van der Waals surface area contributed by atoms with Crippen LogP contribution in [0.5, 0.6) is 0 Å². The summed E-state index contributed by atoms with van der Waals surface area (Å²) in [5.41, 5.74) is 5.52. The summed E-state index contributed by atoms with van der Waals surface area (Å²) in [6.45, 7) is 6.59. The van der Waals surface area contributed by atoms with Gasteiger partial charge in [0.2, 0.25) is 0 Å². The lowest BCUT2D eigenvalue weighted by Crippen LogP contribution is -2.10. The molecule has 0 saturated heterocycles. The summed E-state index contributed by atoms with van der Waals surface area (Å²) in [5.74, 6) is 0.734. The molecule has 4 nitrogen and oxygen atoms in total. The number of halogens is 2. The number of pyridine rings is 2. The summed E-state index contributed by atoms with van der Waals surface area (Å²) >= 11 is 12.1. The number of nitrogens with one attached hydrogen (secondary N) is 1. The molecule has 0 atom stereocenters. The van der Waals surface area contributed by atoms with Crippen molar-refractivity contribution < 1.29 is 0 Å². The van der Waals surface area contributed by atoms with Crippen molar-refractivity contribution in [1.82, 2.24) is 19.9 Å². The van der Waals surface area contributed by atoms with Gasteiger partial charge in [0.25, 0.3) is 0 Å². The minimum atomic E-state index is 0.0875. The van der Waals surface area contributed by atoms with Crippen molar-refractivity contribution in [1.29, 1.82) is 0 Å². The molecule has 0 aliphatic heterocycles. The third-order valence-electron chi connectivity index (χ3n) is 4.44. The lowest BCUT2D eigenvalue weighted by Gasteiger charge is -2.18. The average molecular weight is 397 g/mol. The molecule has 136 valence electrons. The Balaban J connectivity index is 1.69. The topological polar surface area (TPSA) is 54.5 Å². The maximum Gasteiger partial charge on any atom is 0.157 e. The molecule has 4 aromatic rings. The quantitative estimate of drug-likeness (QED) is 0.432. The fourth-order valence-electron chi connectivity index (χ4n) is 2.90. The molecule has 0 amide bonds. The molecule has 0 aliphatic carbocycles. The standard InChI is InChI=1S/C21H18Cl2N4/c1-21(2,3)13-5-7-16-18(8-13)27-20(26-16)17-6-4-12(10-24-17)19-15(23)9-14(22)11-25-19/h4-11H,1-3H3,(H,26,27). The van der Waals surface area contributed by atoms with E-state index >= 15 is 0 Å². The Bertz CT molecular complexity index is 1130. The van der Waals surface area contributed by atoms with E-state index in [2.05, 4.69) is 52.8 Å². The molecular formula is C21H18Cl2N4. The van der Waals surface area contributed by atoms with Crippen LogP contribution in [0, 0.1) is 0 Å². The van der Waals surface area contributed by atoms with Crippen LogP contribution in [0.15, 0.2) is 48.8 Å². The first-order chi connectivity index (χ1) is 12.8. The van der Waals surface area contributed by atoms with Crippen molar-refractivity contribution in [3.63, 3.8) is 0 Å². The number of nitrogens with zero attached hydrogens (tertiary/aromatic N) is 3. The zero-order valence-electron chi connectivity index (χ0n) is 15.2. The summed E-state index contributed by atoms with van der Waals surface area (Å²) in [6.07, 6.45) is 3.31. The van der Waals surface area contributed by atoms with Gasteiger partial charge in [0.1, 0.15) is 5.69 Å². The van der Waals surface area contributed by atoms with Crippen molar-refractivity contribution in [3.8, 4) is 22.8 Å². The molecule has 0 radical (unpaired) electrons. The first-order valence-electron chi connectivity index (χ1n) is 8.59. The molecule has 1 aromatic carbocycles. The molecule has 0 fully saturated rings. The van der Waals surface area contributed by atoms with Gasteiger partial charge in [0.05, 0.1) is 26.8 Å². The SMILES string of the molecule is CC(C)(C)c1ccc2nc(-c3ccc(-c4ncc(Cl)cc4Cl)cn3)[nH]c2c1. The monoisotopic (exact) mass is 396 g/mol.